The molecule has 0 spiro atoms. The fourth-order valence-electron chi connectivity index (χ4n) is 0.556. The molecule has 11 heavy (non-hydrogen) atoms. The first-order chi connectivity index (χ1) is 5.00. The maximum atomic E-state index is 11.4. The lowest BCUT2D eigenvalue weighted by Gasteiger charge is -2.19. The minimum atomic E-state index is -1.07. The summed E-state index contributed by atoms with van der Waals surface area (Å²) in [5, 5.41) is 3.05. The van der Waals surface area contributed by atoms with E-state index in [4.69, 9.17) is 0 Å². The Balaban J connectivity index is 2.55. The minimum absolute atomic E-state index is 0.220. The van der Waals surface area contributed by atoms with Gasteiger partial charge in [-0.2, -0.15) is 4.40 Å². The van der Waals surface area contributed by atoms with Gasteiger partial charge in [0.1, 0.15) is 11.0 Å². The van der Waals surface area contributed by atoms with Crippen LogP contribution in [0.2, 0.25) is 0 Å². The Bertz CT molecular complexity index is 199. The van der Waals surface area contributed by atoms with Crippen LogP contribution < -0.4 is 5.32 Å². The van der Waals surface area contributed by atoms with Gasteiger partial charge < -0.3 is 5.32 Å². The Morgan fingerprint density at radius 3 is 2.27 bits per heavy atom. The van der Waals surface area contributed by atoms with E-state index in [0.29, 0.717) is 0 Å². The van der Waals surface area contributed by atoms with Crippen molar-refractivity contribution in [2.24, 2.45) is 4.40 Å². The van der Waals surface area contributed by atoms with Gasteiger partial charge in [-0.05, 0) is 20.8 Å². The van der Waals surface area contributed by atoms with Gasteiger partial charge in [0.25, 0.3) is 0 Å². The first-order valence-corrected chi connectivity index (χ1v) is 4.80. The van der Waals surface area contributed by atoms with E-state index in [2.05, 4.69) is 9.71 Å². The molecule has 0 aliphatic carbocycles. The summed E-state index contributed by atoms with van der Waals surface area (Å²) >= 11 is 0. The van der Waals surface area contributed by atoms with Crippen molar-refractivity contribution in [1.82, 2.24) is 5.32 Å². The fourth-order valence-corrected chi connectivity index (χ4v) is 1.19. The third-order valence-corrected chi connectivity index (χ3v) is 2.87. The van der Waals surface area contributed by atoms with Crippen molar-refractivity contribution in [1.29, 1.82) is 0 Å². The molecule has 1 heterocycles. The number of hydrogen-bond donors (Lipinski definition) is 1. The average molecular weight is 174 g/mol. The highest BCUT2D eigenvalue weighted by atomic mass is 32.2. The van der Waals surface area contributed by atoms with Gasteiger partial charge in [0.15, 0.2) is 0 Å². The summed E-state index contributed by atoms with van der Waals surface area (Å²) in [6.07, 6.45) is 0. The molecule has 0 amide bonds. The molecule has 0 aromatic heterocycles. The van der Waals surface area contributed by atoms with E-state index in [-0.39, 0.29) is 4.75 Å². The lowest BCUT2D eigenvalue weighted by molar-refractivity contribution is 0.649. The highest BCUT2D eigenvalue weighted by Crippen LogP contribution is 2.12. The van der Waals surface area contributed by atoms with Crippen LogP contribution in [0, 0.1) is 0 Å². The minimum Gasteiger partial charge on any atom is -0.306 e. The molecule has 3 nitrogen and oxygen atoms in total. The molecular weight excluding hydrogens is 160 g/mol. The van der Waals surface area contributed by atoms with E-state index in [1.54, 1.807) is 0 Å². The van der Waals surface area contributed by atoms with E-state index in [1.165, 1.54) is 0 Å². The van der Waals surface area contributed by atoms with Gasteiger partial charge in [0.2, 0.25) is 0 Å². The molecule has 0 aromatic rings. The zero-order chi connectivity index (χ0) is 8.48. The van der Waals surface area contributed by atoms with E-state index in [1.807, 2.05) is 20.8 Å². The Hall–Kier alpha value is -0.220. The normalized spacial score (nSPS) is 20.8. The third-order valence-electron chi connectivity index (χ3n) is 1.39. The summed E-state index contributed by atoms with van der Waals surface area (Å²) in [7, 11) is -1.07. The topological polar surface area (TPSA) is 41.5 Å². The lowest BCUT2D eigenvalue weighted by atomic mass is 10.2. The van der Waals surface area contributed by atoms with Gasteiger partial charge in [0.05, 0.1) is 10.5 Å². The van der Waals surface area contributed by atoms with Gasteiger partial charge in [-0.25, -0.2) is 4.21 Å². The van der Waals surface area contributed by atoms with Crippen LogP contribution in [-0.2, 0) is 11.0 Å². The third kappa shape index (κ3) is 2.38. The van der Waals surface area contributed by atoms with Gasteiger partial charge in [-0.15, -0.1) is 0 Å². The largest absolute Gasteiger partial charge is 0.306 e. The van der Waals surface area contributed by atoms with Crippen molar-refractivity contribution in [3.63, 3.8) is 0 Å². The van der Waals surface area contributed by atoms with Crippen LogP contribution in [0.1, 0.15) is 20.8 Å². The Morgan fingerprint density at radius 2 is 2.00 bits per heavy atom. The molecule has 1 aliphatic heterocycles. The summed E-state index contributed by atoms with van der Waals surface area (Å²) in [5.41, 5.74) is 1.03. The predicted octanol–water partition coefficient (Wildman–Crippen LogP) is 0.493. The Labute approximate surface area is 69.9 Å². The number of rotatable bonds is 1. The molecule has 64 valence electrons. The smallest absolute Gasteiger partial charge is 0.144 e. The molecule has 1 fully saturated rings. The second-order valence-electron chi connectivity index (χ2n) is 3.62. The Morgan fingerprint density at radius 1 is 1.45 bits per heavy atom. The molecule has 0 aromatic carbocycles. The molecule has 0 bridgehead atoms. The first-order valence-electron chi connectivity index (χ1n) is 3.69. The molecule has 4 heteroatoms. The highest BCUT2D eigenvalue weighted by Gasteiger charge is 2.20. The van der Waals surface area contributed by atoms with Crippen LogP contribution in [-0.4, -0.2) is 27.8 Å². The molecule has 1 aliphatic rings. The summed E-state index contributed by atoms with van der Waals surface area (Å²) in [6.45, 7) is 7.40. The van der Waals surface area contributed by atoms with Crippen LogP contribution in [0.3, 0.4) is 0 Å². The molecule has 1 N–H and O–H groups in total. The average Bonchev–Trinajstić information content (AvgIpc) is 1.75. The van der Waals surface area contributed by atoms with Crippen LogP contribution in [0.25, 0.3) is 0 Å². The molecular formula is C7H14N2OS. The van der Waals surface area contributed by atoms with Crippen LogP contribution in [0.5, 0.6) is 0 Å². The maximum Gasteiger partial charge on any atom is 0.144 e. The SMILES string of the molecule is CC(C)(C)S(=O)N=C1CNC1. The van der Waals surface area contributed by atoms with Crippen molar-refractivity contribution < 1.29 is 4.21 Å². The van der Waals surface area contributed by atoms with Crippen LogP contribution >= 0.6 is 0 Å². The number of hydrogen-bond acceptors (Lipinski definition) is 2. The van der Waals surface area contributed by atoms with Crippen LogP contribution in [0.15, 0.2) is 4.40 Å². The molecule has 0 saturated carbocycles. The zero-order valence-corrected chi connectivity index (χ0v) is 7.99. The lowest BCUT2D eigenvalue weighted by Crippen LogP contribution is -2.43. The van der Waals surface area contributed by atoms with Gasteiger partial charge >= 0.3 is 0 Å². The second kappa shape index (κ2) is 3.03. The summed E-state index contributed by atoms with van der Waals surface area (Å²) in [6, 6.07) is 0. The van der Waals surface area contributed by atoms with E-state index < -0.39 is 11.0 Å². The summed E-state index contributed by atoms with van der Waals surface area (Å²) in [4.78, 5) is 0. The molecule has 1 saturated heterocycles. The molecule has 1 rings (SSSR count). The van der Waals surface area contributed by atoms with Gasteiger partial charge in [0, 0.05) is 13.1 Å². The summed E-state index contributed by atoms with van der Waals surface area (Å²) < 4.78 is 15.2. The number of nitrogens with one attached hydrogen (secondary N) is 1. The number of nitrogens with zero attached hydrogens (tertiary/aromatic N) is 1. The maximum absolute atomic E-state index is 11.4. The van der Waals surface area contributed by atoms with Crippen molar-refractivity contribution in [3.8, 4) is 0 Å². The van der Waals surface area contributed by atoms with Crippen molar-refractivity contribution in [3.05, 3.63) is 0 Å². The van der Waals surface area contributed by atoms with Gasteiger partial charge in [-0.3, -0.25) is 0 Å². The molecule has 1 atom stereocenters. The fraction of sp³-hybridized carbons (Fsp3) is 0.857. The van der Waals surface area contributed by atoms with Crippen molar-refractivity contribution in [2.45, 2.75) is 25.5 Å². The van der Waals surface area contributed by atoms with Crippen molar-refractivity contribution >= 4 is 16.7 Å². The monoisotopic (exact) mass is 174 g/mol. The second-order valence-corrected chi connectivity index (χ2v) is 5.53. The van der Waals surface area contributed by atoms with Crippen LogP contribution in [0.4, 0.5) is 0 Å². The van der Waals surface area contributed by atoms with Crippen molar-refractivity contribution in [2.75, 3.05) is 13.1 Å². The highest BCUT2D eigenvalue weighted by molar-refractivity contribution is 7.85. The predicted molar refractivity (Wildman–Crippen MR) is 48.2 cm³/mol. The summed E-state index contributed by atoms with van der Waals surface area (Å²) in [5.74, 6) is 0. The van der Waals surface area contributed by atoms with E-state index in [9.17, 15) is 4.21 Å². The van der Waals surface area contributed by atoms with E-state index in [0.717, 1.165) is 18.8 Å². The quantitative estimate of drug-likeness (QED) is 0.628. The molecule has 1 unspecified atom stereocenters. The standard InChI is InChI=1S/C7H14N2OS/c1-7(2,3)11(10)9-6-4-8-5-6/h8H,4-5H2,1-3H3. The zero-order valence-electron chi connectivity index (χ0n) is 7.18. The van der Waals surface area contributed by atoms with Gasteiger partial charge in [-0.1, -0.05) is 0 Å². The first kappa shape index (κ1) is 8.87. The Kier molecular flexibility index (Phi) is 2.44. The van der Waals surface area contributed by atoms with E-state index >= 15 is 0 Å². The molecule has 0 radical (unpaired) electrons.